The van der Waals surface area contributed by atoms with Crippen molar-refractivity contribution in [1.29, 1.82) is 0 Å². The number of aromatic nitrogens is 1. The van der Waals surface area contributed by atoms with Crippen LogP contribution in [0.5, 0.6) is 0 Å². The number of aryl methyl sites for hydroxylation is 1. The van der Waals surface area contributed by atoms with E-state index in [0.29, 0.717) is 32.0 Å². The Kier molecular flexibility index (Phi) is 4.97. The number of carbonyl (C=O) groups is 2. The Morgan fingerprint density at radius 1 is 1.00 bits per heavy atom. The number of hydrogen-bond donors (Lipinski definition) is 1. The fourth-order valence-corrected chi connectivity index (χ4v) is 2.98. The topological polar surface area (TPSA) is 65.5 Å². The van der Waals surface area contributed by atoms with E-state index in [1.54, 1.807) is 29.3 Å². The molecule has 1 saturated heterocycles. The molecule has 0 spiro atoms. The van der Waals surface area contributed by atoms with E-state index in [0.717, 1.165) is 0 Å². The van der Waals surface area contributed by atoms with E-state index in [1.807, 2.05) is 0 Å². The normalized spacial score (nSPS) is 14.3. The van der Waals surface area contributed by atoms with Gasteiger partial charge >= 0.3 is 11.8 Å². The Morgan fingerprint density at radius 3 is 2.44 bits per heavy atom. The summed E-state index contributed by atoms with van der Waals surface area (Å²) in [6.45, 7) is 6.70. The average molecular weight is 338 g/mol. The molecule has 2 heterocycles. The standard InChI is InChI=1S/C19H22N4O2/c1-14-6-5-7-16(15(14)2)22-10-12-23(13-11-22)19(25)18(24)21-17-8-3-4-9-20-17/h3-9H,10-13H2,1-2H3,(H,20,21,24). The molecule has 1 aliphatic rings. The van der Waals surface area contributed by atoms with Crippen LogP contribution in [-0.4, -0.2) is 47.9 Å². The van der Waals surface area contributed by atoms with E-state index < -0.39 is 11.8 Å². The number of benzene rings is 1. The maximum atomic E-state index is 12.3. The first kappa shape index (κ1) is 17.0. The van der Waals surface area contributed by atoms with Crippen molar-refractivity contribution in [1.82, 2.24) is 9.88 Å². The molecule has 0 bridgehead atoms. The van der Waals surface area contributed by atoms with Crippen LogP contribution in [0.3, 0.4) is 0 Å². The molecule has 25 heavy (non-hydrogen) atoms. The summed E-state index contributed by atoms with van der Waals surface area (Å²) in [6, 6.07) is 11.4. The molecule has 6 heteroatoms. The zero-order valence-corrected chi connectivity index (χ0v) is 14.5. The molecular weight excluding hydrogens is 316 g/mol. The first-order valence-electron chi connectivity index (χ1n) is 8.38. The van der Waals surface area contributed by atoms with Crippen LogP contribution in [0.15, 0.2) is 42.6 Å². The molecule has 0 atom stereocenters. The fourth-order valence-electron chi connectivity index (χ4n) is 2.98. The van der Waals surface area contributed by atoms with Gasteiger partial charge in [-0.1, -0.05) is 18.2 Å². The van der Waals surface area contributed by atoms with Gasteiger partial charge < -0.3 is 15.1 Å². The number of amides is 2. The van der Waals surface area contributed by atoms with E-state index in [9.17, 15) is 9.59 Å². The predicted octanol–water partition coefficient (Wildman–Crippen LogP) is 1.99. The third-order valence-corrected chi connectivity index (χ3v) is 4.58. The lowest BCUT2D eigenvalue weighted by Gasteiger charge is -2.36. The van der Waals surface area contributed by atoms with Gasteiger partial charge in [0.1, 0.15) is 5.82 Å². The lowest BCUT2D eigenvalue weighted by molar-refractivity contribution is -0.143. The zero-order chi connectivity index (χ0) is 17.8. The molecular formula is C19H22N4O2. The SMILES string of the molecule is Cc1cccc(N2CCN(C(=O)C(=O)Nc3ccccn3)CC2)c1C. The van der Waals surface area contributed by atoms with Gasteiger partial charge in [-0.15, -0.1) is 0 Å². The van der Waals surface area contributed by atoms with E-state index in [4.69, 9.17) is 0 Å². The maximum absolute atomic E-state index is 12.3. The quantitative estimate of drug-likeness (QED) is 0.851. The summed E-state index contributed by atoms with van der Waals surface area (Å²) in [6.07, 6.45) is 1.57. The van der Waals surface area contributed by atoms with Gasteiger partial charge in [0.05, 0.1) is 0 Å². The van der Waals surface area contributed by atoms with Gasteiger partial charge in [0, 0.05) is 38.1 Å². The van der Waals surface area contributed by atoms with Crippen LogP contribution in [0.4, 0.5) is 11.5 Å². The molecule has 130 valence electrons. The van der Waals surface area contributed by atoms with Crippen molar-refractivity contribution in [2.75, 3.05) is 36.4 Å². The number of nitrogens with one attached hydrogen (secondary N) is 1. The molecule has 0 saturated carbocycles. The monoisotopic (exact) mass is 338 g/mol. The highest BCUT2D eigenvalue weighted by Crippen LogP contribution is 2.23. The van der Waals surface area contributed by atoms with E-state index in [2.05, 4.69) is 47.2 Å². The maximum Gasteiger partial charge on any atom is 0.315 e. The van der Waals surface area contributed by atoms with Crippen molar-refractivity contribution >= 4 is 23.3 Å². The first-order valence-corrected chi connectivity index (χ1v) is 8.38. The van der Waals surface area contributed by atoms with Crippen LogP contribution in [0.2, 0.25) is 0 Å². The molecule has 1 aliphatic heterocycles. The van der Waals surface area contributed by atoms with E-state index in [1.165, 1.54) is 16.8 Å². The van der Waals surface area contributed by atoms with Crippen LogP contribution in [0.25, 0.3) is 0 Å². The number of rotatable bonds is 2. The van der Waals surface area contributed by atoms with Gasteiger partial charge in [0.2, 0.25) is 0 Å². The van der Waals surface area contributed by atoms with E-state index >= 15 is 0 Å². The van der Waals surface area contributed by atoms with Gasteiger partial charge in [-0.25, -0.2) is 4.98 Å². The second-order valence-electron chi connectivity index (χ2n) is 6.17. The fraction of sp³-hybridized carbons (Fsp3) is 0.316. The van der Waals surface area contributed by atoms with Gasteiger partial charge in [-0.2, -0.15) is 0 Å². The highest BCUT2D eigenvalue weighted by Gasteiger charge is 2.26. The van der Waals surface area contributed by atoms with Crippen molar-refractivity contribution in [3.8, 4) is 0 Å². The first-order chi connectivity index (χ1) is 12.1. The Morgan fingerprint density at radius 2 is 1.76 bits per heavy atom. The van der Waals surface area contributed by atoms with E-state index in [-0.39, 0.29) is 0 Å². The van der Waals surface area contributed by atoms with Crippen LogP contribution in [-0.2, 0) is 9.59 Å². The van der Waals surface area contributed by atoms with Crippen LogP contribution in [0, 0.1) is 13.8 Å². The summed E-state index contributed by atoms with van der Waals surface area (Å²) in [5.74, 6) is -0.764. The Balaban J connectivity index is 1.59. The van der Waals surface area contributed by atoms with Crippen LogP contribution >= 0.6 is 0 Å². The number of piperazine rings is 1. The minimum Gasteiger partial charge on any atom is -0.368 e. The highest BCUT2D eigenvalue weighted by atomic mass is 16.2. The Hall–Kier alpha value is -2.89. The molecule has 1 N–H and O–H groups in total. The van der Waals surface area contributed by atoms with Crippen molar-refractivity contribution in [3.05, 3.63) is 53.7 Å². The molecule has 0 radical (unpaired) electrons. The number of anilines is 2. The third kappa shape index (κ3) is 3.79. The molecule has 1 aromatic carbocycles. The Bertz CT molecular complexity index is 768. The van der Waals surface area contributed by atoms with Crippen molar-refractivity contribution < 1.29 is 9.59 Å². The minimum absolute atomic E-state index is 0.384. The summed E-state index contributed by atoms with van der Waals surface area (Å²) >= 11 is 0. The molecule has 0 aliphatic carbocycles. The second-order valence-corrected chi connectivity index (χ2v) is 6.17. The average Bonchev–Trinajstić information content (AvgIpc) is 2.64. The summed E-state index contributed by atoms with van der Waals surface area (Å²) in [7, 11) is 0. The number of pyridine rings is 1. The molecule has 2 amide bonds. The lowest BCUT2D eigenvalue weighted by atomic mass is 10.1. The van der Waals surface area contributed by atoms with Crippen LogP contribution < -0.4 is 10.2 Å². The molecule has 3 rings (SSSR count). The lowest BCUT2D eigenvalue weighted by Crippen LogP contribution is -2.51. The number of carbonyl (C=O) groups excluding carboxylic acids is 2. The van der Waals surface area contributed by atoms with Gasteiger partial charge in [0.15, 0.2) is 0 Å². The summed E-state index contributed by atoms with van der Waals surface area (Å²) < 4.78 is 0. The summed E-state index contributed by atoms with van der Waals surface area (Å²) in [5.41, 5.74) is 3.71. The van der Waals surface area contributed by atoms with Crippen molar-refractivity contribution in [2.45, 2.75) is 13.8 Å². The van der Waals surface area contributed by atoms with Crippen molar-refractivity contribution in [3.63, 3.8) is 0 Å². The second kappa shape index (κ2) is 7.34. The molecule has 1 aromatic heterocycles. The molecule has 6 nitrogen and oxygen atoms in total. The highest BCUT2D eigenvalue weighted by molar-refractivity contribution is 6.39. The van der Waals surface area contributed by atoms with Crippen molar-refractivity contribution in [2.24, 2.45) is 0 Å². The Labute approximate surface area is 147 Å². The molecule has 0 unspecified atom stereocenters. The smallest absolute Gasteiger partial charge is 0.315 e. The van der Waals surface area contributed by atoms with Gasteiger partial charge in [-0.05, 0) is 43.2 Å². The van der Waals surface area contributed by atoms with Gasteiger partial charge in [-0.3, -0.25) is 9.59 Å². The third-order valence-electron chi connectivity index (χ3n) is 4.58. The number of hydrogen-bond acceptors (Lipinski definition) is 4. The summed E-state index contributed by atoms with van der Waals surface area (Å²) in [4.78, 5) is 32.3. The molecule has 1 fully saturated rings. The van der Waals surface area contributed by atoms with Gasteiger partial charge in [0.25, 0.3) is 0 Å². The zero-order valence-electron chi connectivity index (χ0n) is 14.5. The summed E-state index contributed by atoms with van der Waals surface area (Å²) in [5, 5.41) is 2.54. The molecule has 2 aromatic rings. The van der Waals surface area contributed by atoms with Crippen LogP contribution in [0.1, 0.15) is 11.1 Å². The largest absolute Gasteiger partial charge is 0.368 e. The predicted molar refractivity (Wildman–Crippen MR) is 97.6 cm³/mol. The number of nitrogens with zero attached hydrogens (tertiary/aromatic N) is 3. The minimum atomic E-state index is -0.640.